The van der Waals surface area contributed by atoms with Crippen LogP contribution in [0.3, 0.4) is 0 Å². The van der Waals surface area contributed by atoms with Gasteiger partial charge < -0.3 is 19.9 Å². The first-order valence-electron chi connectivity index (χ1n) is 9.10. The predicted molar refractivity (Wildman–Crippen MR) is 106 cm³/mol. The van der Waals surface area contributed by atoms with Crippen LogP contribution in [-0.4, -0.2) is 29.1 Å². The number of aryl methyl sites for hydroxylation is 1. The van der Waals surface area contributed by atoms with Gasteiger partial charge in [-0.3, -0.25) is 4.79 Å². The van der Waals surface area contributed by atoms with Crippen LogP contribution < -0.4 is 14.8 Å². The Kier molecular flexibility index (Phi) is 5.55. The molecule has 0 spiro atoms. The lowest BCUT2D eigenvalue weighted by Crippen LogP contribution is -2.25. The van der Waals surface area contributed by atoms with E-state index in [2.05, 4.69) is 22.4 Å². The van der Waals surface area contributed by atoms with Crippen molar-refractivity contribution in [1.29, 1.82) is 0 Å². The molecule has 28 heavy (non-hydrogen) atoms. The zero-order valence-corrected chi connectivity index (χ0v) is 15.9. The Balaban J connectivity index is 1.43. The van der Waals surface area contributed by atoms with Crippen molar-refractivity contribution in [1.82, 2.24) is 10.3 Å². The first kappa shape index (κ1) is 18.5. The van der Waals surface area contributed by atoms with Crippen molar-refractivity contribution < 1.29 is 19.4 Å². The number of aromatic nitrogens is 1. The van der Waals surface area contributed by atoms with Gasteiger partial charge in [0.25, 0.3) is 11.1 Å². The Morgan fingerprint density at radius 1 is 1.29 bits per heavy atom. The summed E-state index contributed by atoms with van der Waals surface area (Å²) in [7, 11) is 0. The molecule has 0 fully saturated rings. The second-order valence-corrected chi connectivity index (χ2v) is 7.39. The van der Waals surface area contributed by atoms with Crippen molar-refractivity contribution >= 4 is 17.2 Å². The Labute approximate surface area is 166 Å². The van der Waals surface area contributed by atoms with Gasteiger partial charge in [-0.25, -0.2) is 4.98 Å². The molecular weight excluding hydrogens is 376 g/mol. The van der Waals surface area contributed by atoms with Gasteiger partial charge in [-0.15, -0.1) is 0 Å². The number of hydrogen-bond acceptors (Lipinski definition) is 6. The molecule has 144 valence electrons. The summed E-state index contributed by atoms with van der Waals surface area (Å²) in [6.07, 6.45) is 3.35. The average molecular weight is 396 g/mol. The normalized spacial score (nSPS) is 15.4. The lowest BCUT2D eigenvalue weighted by atomic mass is 9.97. The standard InChI is InChI=1S/C21H20N2O4S/c24-11-10-22-20(25)19-13-23-21(28-19)26-16-7-9-18-15(12-16)6-8-17(27-18)14-4-2-1-3-5-14/h1-5,7,9,12-13,17,24H,6,8,10-11H2,(H,22,25). The number of hydrogen-bond donors (Lipinski definition) is 2. The quantitative estimate of drug-likeness (QED) is 0.664. The zero-order valence-electron chi connectivity index (χ0n) is 15.1. The van der Waals surface area contributed by atoms with E-state index < -0.39 is 0 Å². The van der Waals surface area contributed by atoms with E-state index in [0.717, 1.165) is 35.5 Å². The molecule has 3 aromatic rings. The van der Waals surface area contributed by atoms with Gasteiger partial charge in [0.2, 0.25) is 0 Å². The maximum Gasteiger partial charge on any atom is 0.279 e. The second kappa shape index (κ2) is 8.41. The molecule has 1 aliphatic rings. The molecule has 2 N–H and O–H groups in total. The number of fused-ring (bicyclic) bond motifs is 1. The van der Waals surface area contributed by atoms with E-state index in [4.69, 9.17) is 14.6 Å². The van der Waals surface area contributed by atoms with Crippen LogP contribution in [-0.2, 0) is 6.42 Å². The van der Waals surface area contributed by atoms with Gasteiger partial charge in [-0.1, -0.05) is 41.7 Å². The summed E-state index contributed by atoms with van der Waals surface area (Å²) in [5.41, 5.74) is 2.28. The Bertz CT molecular complexity index is 958. The zero-order chi connectivity index (χ0) is 19.3. The number of amides is 1. The van der Waals surface area contributed by atoms with Crippen LogP contribution in [0.1, 0.15) is 33.3 Å². The monoisotopic (exact) mass is 396 g/mol. The SMILES string of the molecule is O=C(NCCO)c1cnc(Oc2ccc3c(c2)CCC(c2ccccc2)O3)s1. The van der Waals surface area contributed by atoms with Crippen LogP contribution in [0.2, 0.25) is 0 Å². The first-order chi connectivity index (χ1) is 13.7. The van der Waals surface area contributed by atoms with Crippen molar-refractivity contribution in [3.05, 3.63) is 70.7 Å². The smallest absolute Gasteiger partial charge is 0.279 e. The number of carbonyl (C=O) groups excluding carboxylic acids is 1. The van der Waals surface area contributed by atoms with Crippen LogP contribution in [0.4, 0.5) is 0 Å². The molecule has 2 aromatic carbocycles. The summed E-state index contributed by atoms with van der Waals surface area (Å²) in [6, 6.07) is 16.0. The summed E-state index contributed by atoms with van der Waals surface area (Å²) < 4.78 is 12.0. The third-order valence-corrected chi connectivity index (χ3v) is 5.33. The Morgan fingerprint density at radius 2 is 2.14 bits per heavy atom. The highest BCUT2D eigenvalue weighted by molar-refractivity contribution is 7.15. The summed E-state index contributed by atoms with van der Waals surface area (Å²) in [6.45, 7) is 0.109. The molecule has 1 unspecified atom stereocenters. The Hall–Kier alpha value is -2.90. The van der Waals surface area contributed by atoms with E-state index in [1.807, 2.05) is 36.4 Å². The number of carbonyl (C=O) groups is 1. The molecule has 0 radical (unpaired) electrons. The number of benzene rings is 2. The third-order valence-electron chi connectivity index (χ3n) is 4.46. The van der Waals surface area contributed by atoms with Crippen LogP contribution in [0.15, 0.2) is 54.7 Å². The fraction of sp³-hybridized carbons (Fsp3) is 0.238. The maximum absolute atomic E-state index is 11.9. The molecular formula is C21H20N2O4S. The third kappa shape index (κ3) is 4.16. The number of nitrogens with zero attached hydrogens (tertiary/aromatic N) is 1. The Morgan fingerprint density at radius 3 is 2.96 bits per heavy atom. The average Bonchev–Trinajstić information content (AvgIpc) is 3.21. The van der Waals surface area contributed by atoms with E-state index in [1.165, 1.54) is 11.8 Å². The number of thiazole rings is 1. The maximum atomic E-state index is 11.9. The van der Waals surface area contributed by atoms with E-state index in [1.54, 1.807) is 0 Å². The minimum absolute atomic E-state index is 0.0689. The van der Waals surface area contributed by atoms with Gasteiger partial charge in [-0.05, 0) is 42.2 Å². The van der Waals surface area contributed by atoms with E-state index in [9.17, 15) is 4.79 Å². The fourth-order valence-electron chi connectivity index (χ4n) is 3.10. The van der Waals surface area contributed by atoms with Crippen LogP contribution in [0, 0.1) is 0 Å². The van der Waals surface area contributed by atoms with E-state index >= 15 is 0 Å². The summed E-state index contributed by atoms with van der Waals surface area (Å²) >= 11 is 1.16. The minimum Gasteiger partial charge on any atom is -0.485 e. The molecule has 0 saturated carbocycles. The number of aliphatic hydroxyl groups excluding tert-OH is 1. The topological polar surface area (TPSA) is 80.7 Å². The minimum atomic E-state index is -0.271. The lowest BCUT2D eigenvalue weighted by molar-refractivity contribution is 0.0948. The summed E-state index contributed by atoms with van der Waals surface area (Å²) in [5.74, 6) is 1.26. The van der Waals surface area contributed by atoms with E-state index in [-0.39, 0.29) is 25.2 Å². The number of ether oxygens (including phenoxy) is 2. The van der Waals surface area contributed by atoms with Crippen LogP contribution in [0.5, 0.6) is 16.7 Å². The van der Waals surface area contributed by atoms with Gasteiger partial charge in [0.1, 0.15) is 22.5 Å². The first-order valence-corrected chi connectivity index (χ1v) is 9.92. The second-order valence-electron chi connectivity index (χ2n) is 6.40. The van der Waals surface area contributed by atoms with Crippen LogP contribution in [0.25, 0.3) is 0 Å². The molecule has 1 atom stereocenters. The highest BCUT2D eigenvalue weighted by Crippen LogP contribution is 2.37. The van der Waals surface area contributed by atoms with Crippen molar-refractivity contribution in [3.8, 4) is 16.7 Å². The van der Waals surface area contributed by atoms with Gasteiger partial charge in [0.15, 0.2) is 0 Å². The van der Waals surface area contributed by atoms with E-state index in [0.29, 0.717) is 15.8 Å². The summed E-state index contributed by atoms with van der Waals surface area (Å²) in [5, 5.41) is 11.8. The molecule has 0 bridgehead atoms. The van der Waals surface area contributed by atoms with Gasteiger partial charge in [0.05, 0.1) is 12.8 Å². The fourth-order valence-corrected chi connectivity index (χ4v) is 3.80. The molecule has 1 aliphatic heterocycles. The number of aliphatic hydroxyl groups is 1. The molecule has 7 heteroatoms. The highest BCUT2D eigenvalue weighted by Gasteiger charge is 2.22. The summed E-state index contributed by atoms with van der Waals surface area (Å²) in [4.78, 5) is 16.5. The molecule has 1 amide bonds. The predicted octanol–water partition coefficient (Wildman–Crippen LogP) is 3.72. The molecule has 6 nitrogen and oxygen atoms in total. The van der Waals surface area contributed by atoms with Crippen molar-refractivity contribution in [2.24, 2.45) is 0 Å². The molecule has 0 aliphatic carbocycles. The van der Waals surface area contributed by atoms with Crippen molar-refractivity contribution in [2.75, 3.05) is 13.2 Å². The largest absolute Gasteiger partial charge is 0.485 e. The molecule has 2 heterocycles. The number of rotatable bonds is 6. The van der Waals surface area contributed by atoms with Gasteiger partial charge in [-0.2, -0.15) is 0 Å². The number of nitrogens with one attached hydrogen (secondary N) is 1. The van der Waals surface area contributed by atoms with Gasteiger partial charge in [0, 0.05) is 6.54 Å². The lowest BCUT2D eigenvalue weighted by Gasteiger charge is -2.26. The van der Waals surface area contributed by atoms with Crippen molar-refractivity contribution in [2.45, 2.75) is 18.9 Å². The van der Waals surface area contributed by atoms with Crippen LogP contribution >= 0.6 is 11.3 Å². The van der Waals surface area contributed by atoms with Crippen molar-refractivity contribution in [3.63, 3.8) is 0 Å². The molecule has 4 rings (SSSR count). The highest BCUT2D eigenvalue weighted by atomic mass is 32.1. The van der Waals surface area contributed by atoms with Gasteiger partial charge >= 0.3 is 0 Å². The molecule has 1 aromatic heterocycles. The molecule has 0 saturated heterocycles.